The molecule has 1 saturated heterocycles. The summed E-state index contributed by atoms with van der Waals surface area (Å²) in [7, 11) is 0. The standard InChI is InChI=1S/C18H22N4O3/c1-3-15(18(24)20-16-11-12(2)25-21-16)19-13-6-8-14(9-7-13)22-10-4-5-17(22)23/h6-9,11,15,19H,3-5,10H2,1-2H3,(H,20,21,24). The van der Waals surface area contributed by atoms with E-state index in [1.165, 1.54) is 0 Å². The summed E-state index contributed by atoms with van der Waals surface area (Å²) in [4.78, 5) is 26.0. The van der Waals surface area contributed by atoms with E-state index < -0.39 is 6.04 Å². The first-order chi connectivity index (χ1) is 12.1. The maximum Gasteiger partial charge on any atom is 0.248 e. The van der Waals surface area contributed by atoms with Gasteiger partial charge in [0.15, 0.2) is 5.82 Å². The van der Waals surface area contributed by atoms with Crippen molar-refractivity contribution in [3.05, 3.63) is 36.1 Å². The van der Waals surface area contributed by atoms with Crippen molar-refractivity contribution < 1.29 is 14.1 Å². The van der Waals surface area contributed by atoms with Gasteiger partial charge in [-0.15, -0.1) is 0 Å². The molecule has 7 nitrogen and oxygen atoms in total. The first-order valence-corrected chi connectivity index (χ1v) is 8.48. The number of aromatic nitrogens is 1. The number of rotatable bonds is 6. The van der Waals surface area contributed by atoms with E-state index in [4.69, 9.17) is 4.52 Å². The minimum Gasteiger partial charge on any atom is -0.374 e. The molecule has 2 heterocycles. The van der Waals surface area contributed by atoms with Crippen LogP contribution in [0.4, 0.5) is 17.2 Å². The molecular weight excluding hydrogens is 320 g/mol. The van der Waals surface area contributed by atoms with Gasteiger partial charge in [-0.2, -0.15) is 0 Å². The number of hydrogen-bond donors (Lipinski definition) is 2. The first kappa shape index (κ1) is 17.0. The fourth-order valence-corrected chi connectivity index (χ4v) is 2.85. The molecule has 2 aromatic rings. The van der Waals surface area contributed by atoms with Crippen LogP contribution < -0.4 is 15.5 Å². The molecule has 1 aromatic carbocycles. The Morgan fingerprint density at radius 3 is 2.68 bits per heavy atom. The van der Waals surface area contributed by atoms with Crippen LogP contribution in [0.5, 0.6) is 0 Å². The van der Waals surface area contributed by atoms with Crippen LogP contribution in [0.15, 0.2) is 34.9 Å². The van der Waals surface area contributed by atoms with Crippen LogP contribution in [-0.2, 0) is 9.59 Å². The molecule has 0 spiro atoms. The molecule has 7 heteroatoms. The summed E-state index contributed by atoms with van der Waals surface area (Å²) >= 11 is 0. The van der Waals surface area contributed by atoms with Gasteiger partial charge in [-0.25, -0.2) is 0 Å². The Balaban J connectivity index is 1.63. The number of hydrogen-bond acceptors (Lipinski definition) is 5. The lowest BCUT2D eigenvalue weighted by Gasteiger charge is -2.19. The van der Waals surface area contributed by atoms with E-state index in [2.05, 4.69) is 15.8 Å². The average Bonchev–Trinajstić information content (AvgIpc) is 3.21. The van der Waals surface area contributed by atoms with Crippen molar-refractivity contribution in [3.63, 3.8) is 0 Å². The predicted octanol–water partition coefficient (Wildman–Crippen LogP) is 2.94. The van der Waals surface area contributed by atoms with E-state index in [1.54, 1.807) is 17.9 Å². The van der Waals surface area contributed by atoms with E-state index in [0.717, 1.165) is 24.3 Å². The lowest BCUT2D eigenvalue weighted by atomic mass is 10.2. The summed E-state index contributed by atoms with van der Waals surface area (Å²) in [5.41, 5.74) is 1.72. The molecule has 0 bridgehead atoms. The second-order valence-electron chi connectivity index (χ2n) is 6.11. The maximum atomic E-state index is 12.4. The van der Waals surface area contributed by atoms with Crippen molar-refractivity contribution in [2.45, 2.75) is 39.2 Å². The van der Waals surface area contributed by atoms with Crippen molar-refractivity contribution in [1.29, 1.82) is 0 Å². The Hall–Kier alpha value is -2.83. The third kappa shape index (κ3) is 3.99. The highest BCUT2D eigenvalue weighted by molar-refractivity contribution is 5.96. The smallest absolute Gasteiger partial charge is 0.248 e. The number of amides is 2. The van der Waals surface area contributed by atoms with Crippen molar-refractivity contribution >= 4 is 29.0 Å². The molecule has 1 aromatic heterocycles. The highest BCUT2D eigenvalue weighted by Gasteiger charge is 2.22. The van der Waals surface area contributed by atoms with Crippen molar-refractivity contribution in [2.24, 2.45) is 0 Å². The lowest BCUT2D eigenvalue weighted by molar-refractivity contribution is -0.117. The number of carbonyl (C=O) groups is 2. The molecule has 2 amide bonds. The van der Waals surface area contributed by atoms with Gasteiger partial charge in [0.2, 0.25) is 11.8 Å². The molecule has 1 unspecified atom stereocenters. The third-order valence-electron chi connectivity index (χ3n) is 4.20. The number of anilines is 3. The van der Waals surface area contributed by atoms with Crippen LogP contribution in [0.2, 0.25) is 0 Å². The van der Waals surface area contributed by atoms with Crippen LogP contribution in [0.25, 0.3) is 0 Å². The fraction of sp³-hybridized carbons (Fsp3) is 0.389. The van der Waals surface area contributed by atoms with Crippen LogP contribution in [0.1, 0.15) is 31.9 Å². The number of benzene rings is 1. The molecular formula is C18H22N4O3. The molecule has 132 valence electrons. The number of carbonyl (C=O) groups excluding carboxylic acids is 2. The molecule has 1 atom stereocenters. The monoisotopic (exact) mass is 342 g/mol. The second-order valence-corrected chi connectivity index (χ2v) is 6.11. The molecule has 0 aliphatic carbocycles. The Labute approximate surface area is 146 Å². The zero-order valence-electron chi connectivity index (χ0n) is 14.4. The SMILES string of the molecule is CCC(Nc1ccc(N2CCCC2=O)cc1)C(=O)Nc1cc(C)on1. The zero-order chi connectivity index (χ0) is 17.8. The van der Waals surface area contributed by atoms with E-state index in [1.807, 2.05) is 31.2 Å². The summed E-state index contributed by atoms with van der Waals surface area (Å²) in [6, 6.07) is 8.85. The summed E-state index contributed by atoms with van der Waals surface area (Å²) in [5.74, 6) is 1.04. The number of nitrogens with one attached hydrogen (secondary N) is 2. The van der Waals surface area contributed by atoms with Gasteiger partial charge in [0.1, 0.15) is 11.8 Å². The molecule has 0 saturated carbocycles. The van der Waals surface area contributed by atoms with Crippen LogP contribution >= 0.6 is 0 Å². The second kappa shape index (κ2) is 7.38. The van der Waals surface area contributed by atoms with Gasteiger partial charge in [-0.3, -0.25) is 9.59 Å². The number of aryl methyl sites for hydroxylation is 1. The Morgan fingerprint density at radius 2 is 2.12 bits per heavy atom. The van der Waals surface area contributed by atoms with Gasteiger partial charge in [0.25, 0.3) is 0 Å². The largest absolute Gasteiger partial charge is 0.374 e. The fourth-order valence-electron chi connectivity index (χ4n) is 2.85. The summed E-state index contributed by atoms with van der Waals surface area (Å²) in [6.45, 7) is 4.47. The molecule has 25 heavy (non-hydrogen) atoms. The summed E-state index contributed by atoms with van der Waals surface area (Å²) in [6.07, 6.45) is 2.13. The highest BCUT2D eigenvalue weighted by Crippen LogP contribution is 2.23. The summed E-state index contributed by atoms with van der Waals surface area (Å²) < 4.78 is 4.95. The zero-order valence-corrected chi connectivity index (χ0v) is 14.4. The van der Waals surface area contributed by atoms with E-state index in [-0.39, 0.29) is 11.8 Å². The minimum atomic E-state index is -0.392. The van der Waals surface area contributed by atoms with Crippen molar-refractivity contribution in [2.75, 3.05) is 22.1 Å². The predicted molar refractivity (Wildman–Crippen MR) is 95.6 cm³/mol. The number of nitrogens with zero attached hydrogens (tertiary/aromatic N) is 2. The third-order valence-corrected chi connectivity index (χ3v) is 4.20. The normalized spacial score (nSPS) is 15.3. The van der Waals surface area contributed by atoms with Gasteiger partial charge < -0.3 is 20.1 Å². The van der Waals surface area contributed by atoms with E-state index in [0.29, 0.717) is 24.4 Å². The van der Waals surface area contributed by atoms with E-state index in [9.17, 15) is 9.59 Å². The highest BCUT2D eigenvalue weighted by atomic mass is 16.5. The Kier molecular flexibility index (Phi) is 5.02. The molecule has 1 fully saturated rings. The molecule has 2 N–H and O–H groups in total. The van der Waals surface area contributed by atoms with Crippen molar-refractivity contribution in [1.82, 2.24) is 5.16 Å². The van der Waals surface area contributed by atoms with Gasteiger partial charge in [-0.1, -0.05) is 12.1 Å². The van der Waals surface area contributed by atoms with Crippen LogP contribution in [-0.4, -0.2) is 29.6 Å². The van der Waals surface area contributed by atoms with Crippen LogP contribution in [0.3, 0.4) is 0 Å². The molecule has 1 aliphatic rings. The lowest BCUT2D eigenvalue weighted by Crippen LogP contribution is -2.34. The maximum absolute atomic E-state index is 12.4. The molecule has 0 radical (unpaired) electrons. The molecule has 1 aliphatic heterocycles. The average molecular weight is 342 g/mol. The first-order valence-electron chi connectivity index (χ1n) is 8.48. The van der Waals surface area contributed by atoms with Gasteiger partial charge in [0, 0.05) is 30.4 Å². The van der Waals surface area contributed by atoms with Gasteiger partial charge in [-0.05, 0) is 44.0 Å². The minimum absolute atomic E-state index is 0.162. The summed E-state index contributed by atoms with van der Waals surface area (Å²) in [5, 5.41) is 9.72. The Bertz CT molecular complexity index is 754. The quantitative estimate of drug-likeness (QED) is 0.843. The molecule has 3 rings (SSSR count). The topological polar surface area (TPSA) is 87.5 Å². The van der Waals surface area contributed by atoms with Crippen LogP contribution in [0, 0.1) is 6.92 Å². The van der Waals surface area contributed by atoms with Crippen molar-refractivity contribution in [3.8, 4) is 0 Å². The van der Waals surface area contributed by atoms with E-state index >= 15 is 0 Å². The Morgan fingerprint density at radius 1 is 1.36 bits per heavy atom. The van der Waals surface area contributed by atoms with Gasteiger partial charge >= 0.3 is 0 Å². The van der Waals surface area contributed by atoms with Gasteiger partial charge in [0.05, 0.1) is 0 Å².